The van der Waals surface area contributed by atoms with Gasteiger partial charge in [-0.3, -0.25) is 14.4 Å². The molecule has 2 aromatic carbocycles. The number of thioether (sulfide) groups is 1. The number of nitrogens with two attached hydrogens (primary N) is 2. The topological polar surface area (TPSA) is 115 Å². The molecule has 0 unspecified atom stereocenters. The van der Waals surface area contributed by atoms with Crippen molar-refractivity contribution >= 4 is 58.4 Å². The predicted octanol–water partition coefficient (Wildman–Crippen LogP) is 2.92. The van der Waals surface area contributed by atoms with Gasteiger partial charge >= 0.3 is 0 Å². The number of amides is 3. The van der Waals surface area contributed by atoms with Gasteiger partial charge in [-0.15, -0.1) is 11.8 Å². The van der Waals surface area contributed by atoms with Crippen LogP contribution >= 0.6 is 35.0 Å². The van der Waals surface area contributed by atoms with E-state index in [1.165, 1.54) is 30.0 Å². The molecular weight excluding hydrogens is 385 g/mol. The first-order chi connectivity index (χ1) is 11.8. The Hall–Kier alpha value is -2.22. The summed E-state index contributed by atoms with van der Waals surface area (Å²) >= 11 is 13.1. The van der Waals surface area contributed by atoms with Gasteiger partial charge in [0.25, 0.3) is 0 Å². The van der Waals surface area contributed by atoms with Gasteiger partial charge in [0.2, 0.25) is 17.7 Å². The number of carbonyl (C=O) groups is 3. The molecule has 2 aromatic rings. The van der Waals surface area contributed by atoms with Crippen molar-refractivity contribution < 1.29 is 14.4 Å². The van der Waals surface area contributed by atoms with E-state index in [0.29, 0.717) is 14.9 Å². The average molecular weight is 398 g/mol. The van der Waals surface area contributed by atoms with Crippen LogP contribution in [0.25, 0.3) is 0 Å². The molecule has 0 bridgehead atoms. The van der Waals surface area contributed by atoms with Crippen molar-refractivity contribution in [1.29, 1.82) is 0 Å². The van der Waals surface area contributed by atoms with E-state index in [2.05, 4.69) is 5.32 Å². The number of hydrogen-bond donors (Lipinski definition) is 3. The number of carbonyl (C=O) groups excluding carboxylic acids is 3. The highest BCUT2D eigenvalue weighted by Gasteiger charge is 2.12. The third kappa shape index (κ3) is 5.38. The molecule has 0 spiro atoms. The minimum atomic E-state index is -0.737. The number of nitrogens with one attached hydrogen (secondary N) is 1. The first-order valence-corrected chi connectivity index (χ1v) is 8.63. The van der Waals surface area contributed by atoms with Gasteiger partial charge in [-0.25, -0.2) is 0 Å². The molecule has 3 amide bonds. The predicted molar refractivity (Wildman–Crippen MR) is 99.3 cm³/mol. The smallest absolute Gasteiger partial charge is 0.248 e. The molecule has 0 aliphatic heterocycles. The van der Waals surface area contributed by atoms with Gasteiger partial charge in [-0.05, 0) is 36.4 Å². The summed E-state index contributed by atoms with van der Waals surface area (Å²) in [7, 11) is 0. The standard InChI is InChI=1S/C16H13Cl2N3O3S/c17-10-1-2-12(18)13(6-10)25-7-14(22)21-11-4-8(15(19)23)3-9(5-11)16(20)24/h1-6H,7H2,(H2,19,23)(H2,20,24)(H,21,22). The summed E-state index contributed by atoms with van der Waals surface area (Å²) in [5.41, 5.74) is 10.8. The molecule has 25 heavy (non-hydrogen) atoms. The second-order valence-electron chi connectivity index (χ2n) is 4.94. The zero-order valence-corrected chi connectivity index (χ0v) is 15.0. The lowest BCUT2D eigenvalue weighted by Crippen LogP contribution is -2.18. The monoisotopic (exact) mass is 397 g/mol. The van der Waals surface area contributed by atoms with E-state index in [1.807, 2.05) is 0 Å². The lowest BCUT2D eigenvalue weighted by molar-refractivity contribution is -0.113. The molecule has 0 atom stereocenters. The third-order valence-electron chi connectivity index (χ3n) is 3.04. The van der Waals surface area contributed by atoms with Crippen molar-refractivity contribution in [1.82, 2.24) is 0 Å². The summed E-state index contributed by atoms with van der Waals surface area (Å²) in [4.78, 5) is 35.4. The Morgan fingerprint density at radius 1 is 0.960 bits per heavy atom. The van der Waals surface area contributed by atoms with Gasteiger partial charge in [-0.2, -0.15) is 0 Å². The fraction of sp³-hybridized carbons (Fsp3) is 0.0625. The van der Waals surface area contributed by atoms with Gasteiger partial charge in [0.1, 0.15) is 0 Å². The third-order valence-corrected chi connectivity index (χ3v) is 4.77. The van der Waals surface area contributed by atoms with E-state index in [9.17, 15) is 14.4 Å². The molecule has 5 N–H and O–H groups in total. The Morgan fingerprint density at radius 2 is 1.56 bits per heavy atom. The zero-order valence-electron chi connectivity index (χ0n) is 12.7. The molecule has 9 heteroatoms. The van der Waals surface area contributed by atoms with E-state index < -0.39 is 11.8 Å². The molecule has 0 aromatic heterocycles. The summed E-state index contributed by atoms with van der Waals surface area (Å²) < 4.78 is 0. The SMILES string of the molecule is NC(=O)c1cc(NC(=O)CSc2cc(Cl)ccc2Cl)cc(C(N)=O)c1. The van der Waals surface area contributed by atoms with Crippen LogP contribution in [-0.2, 0) is 4.79 Å². The van der Waals surface area contributed by atoms with Gasteiger partial charge < -0.3 is 16.8 Å². The van der Waals surface area contributed by atoms with Crippen LogP contribution in [0.4, 0.5) is 5.69 Å². The summed E-state index contributed by atoms with van der Waals surface area (Å²) in [6.45, 7) is 0. The van der Waals surface area contributed by atoms with Crippen LogP contribution in [0.2, 0.25) is 10.0 Å². The van der Waals surface area contributed by atoms with Crippen molar-refractivity contribution in [3.63, 3.8) is 0 Å². The minimum absolute atomic E-state index is 0.0484. The number of primary amides is 2. The molecule has 0 saturated carbocycles. The van der Waals surface area contributed by atoms with Crippen molar-refractivity contribution in [2.45, 2.75) is 4.90 Å². The highest BCUT2D eigenvalue weighted by molar-refractivity contribution is 8.00. The maximum absolute atomic E-state index is 12.1. The number of benzene rings is 2. The second-order valence-corrected chi connectivity index (χ2v) is 6.80. The van der Waals surface area contributed by atoms with E-state index >= 15 is 0 Å². The zero-order chi connectivity index (χ0) is 18.6. The van der Waals surface area contributed by atoms with Crippen molar-refractivity contribution in [2.75, 3.05) is 11.1 Å². The van der Waals surface area contributed by atoms with Crippen molar-refractivity contribution in [3.8, 4) is 0 Å². The lowest BCUT2D eigenvalue weighted by Gasteiger charge is -2.09. The van der Waals surface area contributed by atoms with Crippen LogP contribution in [0, 0.1) is 0 Å². The molecule has 0 heterocycles. The molecular formula is C16H13Cl2N3O3S. The van der Waals surface area contributed by atoms with Crippen LogP contribution in [0.1, 0.15) is 20.7 Å². The fourth-order valence-electron chi connectivity index (χ4n) is 1.91. The van der Waals surface area contributed by atoms with Crippen LogP contribution in [0.3, 0.4) is 0 Å². The van der Waals surface area contributed by atoms with Gasteiger partial charge in [0.05, 0.1) is 10.8 Å². The lowest BCUT2D eigenvalue weighted by atomic mass is 10.1. The largest absolute Gasteiger partial charge is 0.366 e. The van der Waals surface area contributed by atoms with E-state index in [4.69, 9.17) is 34.7 Å². The van der Waals surface area contributed by atoms with Gasteiger partial charge in [0.15, 0.2) is 0 Å². The summed E-state index contributed by atoms with van der Waals surface area (Å²) in [5, 5.41) is 3.57. The molecule has 0 radical (unpaired) electrons. The van der Waals surface area contributed by atoms with Gasteiger partial charge in [-0.1, -0.05) is 23.2 Å². The number of halogens is 2. The number of rotatable bonds is 6. The first-order valence-electron chi connectivity index (χ1n) is 6.88. The molecule has 0 saturated heterocycles. The van der Waals surface area contributed by atoms with Crippen LogP contribution in [0.15, 0.2) is 41.3 Å². The molecule has 0 aliphatic rings. The quantitative estimate of drug-likeness (QED) is 0.649. The maximum Gasteiger partial charge on any atom is 0.248 e. The van der Waals surface area contributed by atoms with E-state index in [1.54, 1.807) is 18.2 Å². The van der Waals surface area contributed by atoms with Crippen LogP contribution in [0.5, 0.6) is 0 Å². The van der Waals surface area contributed by atoms with E-state index in [-0.39, 0.29) is 28.5 Å². The average Bonchev–Trinajstić information content (AvgIpc) is 2.55. The molecule has 6 nitrogen and oxygen atoms in total. The number of anilines is 1. The Kier molecular flexibility index (Phi) is 6.30. The molecule has 130 valence electrons. The highest BCUT2D eigenvalue weighted by Crippen LogP contribution is 2.30. The molecule has 0 fully saturated rings. The Bertz CT molecular complexity index is 826. The second kappa shape index (κ2) is 8.24. The Labute approximate surface area is 157 Å². The van der Waals surface area contributed by atoms with Crippen molar-refractivity contribution in [3.05, 3.63) is 57.6 Å². The first kappa shape index (κ1) is 19.1. The number of hydrogen-bond acceptors (Lipinski definition) is 4. The van der Waals surface area contributed by atoms with E-state index in [0.717, 1.165) is 0 Å². The summed E-state index contributed by atoms with van der Waals surface area (Å²) in [6.07, 6.45) is 0. The molecule has 0 aliphatic carbocycles. The Morgan fingerprint density at radius 3 is 2.12 bits per heavy atom. The maximum atomic E-state index is 12.1. The highest BCUT2D eigenvalue weighted by atomic mass is 35.5. The van der Waals surface area contributed by atoms with Crippen LogP contribution in [-0.4, -0.2) is 23.5 Å². The van der Waals surface area contributed by atoms with Gasteiger partial charge in [0, 0.05) is 26.7 Å². The minimum Gasteiger partial charge on any atom is -0.366 e. The normalized spacial score (nSPS) is 10.3. The Balaban J connectivity index is 2.10. The fourth-order valence-corrected chi connectivity index (χ4v) is 3.21. The summed E-state index contributed by atoms with van der Waals surface area (Å²) in [5.74, 6) is -1.79. The van der Waals surface area contributed by atoms with Crippen LogP contribution < -0.4 is 16.8 Å². The van der Waals surface area contributed by atoms with Crippen molar-refractivity contribution in [2.24, 2.45) is 11.5 Å². The molecule has 2 rings (SSSR count). The summed E-state index contributed by atoms with van der Waals surface area (Å²) in [6, 6.07) is 8.93.